The molecule has 0 radical (unpaired) electrons. The largest absolute Gasteiger partial charge is 0.355 e. The van der Waals surface area contributed by atoms with E-state index in [1.807, 2.05) is 37.3 Å². The second kappa shape index (κ2) is 11.3. The van der Waals surface area contributed by atoms with Gasteiger partial charge in [-0.05, 0) is 49.2 Å². The first-order valence-electron chi connectivity index (χ1n) is 13.8. The van der Waals surface area contributed by atoms with E-state index in [4.69, 9.17) is 11.7 Å². The third-order valence-electron chi connectivity index (χ3n) is 7.87. The lowest BCUT2D eigenvalue weighted by molar-refractivity contribution is 0.0651. The predicted molar refractivity (Wildman–Crippen MR) is 167 cm³/mol. The van der Waals surface area contributed by atoms with Gasteiger partial charge in [0.15, 0.2) is 0 Å². The number of carbonyl (C=O) groups excluding carboxylic acids is 2. The normalized spacial score (nSPS) is 14.3. The average Bonchev–Trinajstić information content (AvgIpc) is 3.44. The summed E-state index contributed by atoms with van der Waals surface area (Å²) in [4.78, 5) is 45.5. The topological polar surface area (TPSA) is 93.1 Å². The number of hydrogen-bond donors (Lipinski definition) is 1. The number of hydrogen-bond acceptors (Lipinski definition) is 4. The van der Waals surface area contributed by atoms with Crippen LogP contribution in [0.4, 0.5) is 5.69 Å². The molecule has 3 aromatic carbocycles. The number of rotatable bonds is 5. The SMILES string of the molecule is [C-]#[N+]c1cc(C(=O)N2Cc3c(c(=O)n(-c4ccc(C(=O)NC)cc4)c4c(Cc5ccccc5)cnn34)C[C@@H]2C)ccc1Br. The van der Waals surface area contributed by atoms with Crippen molar-refractivity contribution in [2.45, 2.75) is 32.4 Å². The van der Waals surface area contributed by atoms with Crippen molar-refractivity contribution in [1.29, 1.82) is 0 Å². The molecule has 0 saturated carbocycles. The highest BCUT2D eigenvalue weighted by atomic mass is 79.9. The first-order chi connectivity index (χ1) is 20.8. The highest BCUT2D eigenvalue weighted by Crippen LogP contribution is 2.30. The lowest BCUT2D eigenvalue weighted by atomic mass is 9.98. The van der Waals surface area contributed by atoms with Gasteiger partial charge in [0, 0.05) is 46.2 Å². The van der Waals surface area contributed by atoms with Crippen molar-refractivity contribution in [2.75, 3.05) is 7.05 Å². The van der Waals surface area contributed by atoms with Gasteiger partial charge < -0.3 is 10.2 Å². The van der Waals surface area contributed by atoms with Gasteiger partial charge in [-0.2, -0.15) is 5.10 Å². The molecule has 214 valence electrons. The maximum Gasteiger partial charge on any atom is 0.261 e. The summed E-state index contributed by atoms with van der Waals surface area (Å²) >= 11 is 3.36. The van der Waals surface area contributed by atoms with Gasteiger partial charge in [-0.3, -0.25) is 19.0 Å². The zero-order valence-electron chi connectivity index (χ0n) is 23.5. The van der Waals surface area contributed by atoms with E-state index < -0.39 is 0 Å². The lowest BCUT2D eigenvalue weighted by Gasteiger charge is -2.35. The van der Waals surface area contributed by atoms with Crippen LogP contribution in [0.2, 0.25) is 0 Å². The first kappa shape index (κ1) is 28.1. The molecule has 1 aliphatic heterocycles. The summed E-state index contributed by atoms with van der Waals surface area (Å²) in [6.07, 6.45) is 2.67. The van der Waals surface area contributed by atoms with Crippen LogP contribution in [0.3, 0.4) is 0 Å². The fourth-order valence-corrected chi connectivity index (χ4v) is 5.98. The average molecular weight is 636 g/mol. The zero-order valence-corrected chi connectivity index (χ0v) is 25.1. The second-order valence-corrected chi connectivity index (χ2v) is 11.4. The van der Waals surface area contributed by atoms with E-state index in [0.717, 1.165) is 11.1 Å². The third-order valence-corrected chi connectivity index (χ3v) is 8.54. The van der Waals surface area contributed by atoms with E-state index in [1.54, 1.807) is 69.7 Å². The molecule has 1 aliphatic rings. The fraction of sp³-hybridized carbons (Fsp3) is 0.182. The number of amides is 2. The van der Waals surface area contributed by atoms with Gasteiger partial charge in [-0.1, -0.05) is 58.4 Å². The highest BCUT2D eigenvalue weighted by molar-refractivity contribution is 9.10. The number of halogens is 1. The summed E-state index contributed by atoms with van der Waals surface area (Å²) in [7, 11) is 1.57. The van der Waals surface area contributed by atoms with Crippen molar-refractivity contribution in [1.82, 2.24) is 24.4 Å². The van der Waals surface area contributed by atoms with Crippen molar-refractivity contribution in [3.05, 3.63) is 139 Å². The van der Waals surface area contributed by atoms with E-state index in [2.05, 4.69) is 26.1 Å². The Kier molecular flexibility index (Phi) is 7.42. The molecular weight excluding hydrogens is 608 g/mol. The molecule has 5 aromatic rings. The van der Waals surface area contributed by atoms with Crippen molar-refractivity contribution >= 4 is 39.1 Å². The van der Waals surface area contributed by atoms with Crippen molar-refractivity contribution in [3.63, 3.8) is 0 Å². The molecule has 0 saturated heterocycles. The molecule has 2 aromatic heterocycles. The Bertz CT molecular complexity index is 1990. The van der Waals surface area contributed by atoms with Crippen molar-refractivity contribution in [2.24, 2.45) is 0 Å². The van der Waals surface area contributed by atoms with Crippen molar-refractivity contribution < 1.29 is 9.59 Å². The summed E-state index contributed by atoms with van der Waals surface area (Å²) < 4.78 is 4.07. The van der Waals surface area contributed by atoms with E-state index in [-0.39, 0.29) is 30.0 Å². The molecule has 0 unspecified atom stereocenters. The molecule has 0 aliphatic carbocycles. The minimum absolute atomic E-state index is 0.178. The molecule has 1 atom stereocenters. The smallest absolute Gasteiger partial charge is 0.261 e. The molecule has 0 bridgehead atoms. The number of nitrogens with one attached hydrogen (secondary N) is 1. The van der Waals surface area contributed by atoms with Crippen LogP contribution in [0.15, 0.2) is 88.3 Å². The number of aromatic nitrogens is 3. The zero-order chi connectivity index (χ0) is 30.2. The summed E-state index contributed by atoms with van der Waals surface area (Å²) in [6.45, 7) is 9.54. The van der Waals surface area contributed by atoms with Gasteiger partial charge in [0.25, 0.3) is 17.4 Å². The fourth-order valence-electron chi connectivity index (χ4n) is 5.64. The van der Waals surface area contributed by atoms with Crippen LogP contribution in [0.25, 0.3) is 16.2 Å². The van der Waals surface area contributed by atoms with Gasteiger partial charge >= 0.3 is 0 Å². The van der Waals surface area contributed by atoms with Gasteiger partial charge in [-0.25, -0.2) is 9.36 Å². The van der Waals surface area contributed by atoms with Gasteiger partial charge in [0.2, 0.25) is 5.69 Å². The molecule has 0 spiro atoms. The minimum atomic E-state index is -0.270. The Hall–Kier alpha value is -5.01. The maximum absolute atomic E-state index is 14.3. The third kappa shape index (κ3) is 5.02. The monoisotopic (exact) mass is 634 g/mol. The molecule has 10 heteroatoms. The van der Waals surface area contributed by atoms with Crippen LogP contribution in [0.1, 0.15) is 50.0 Å². The molecule has 3 heterocycles. The van der Waals surface area contributed by atoms with Gasteiger partial charge in [-0.15, -0.1) is 0 Å². The molecule has 1 N–H and O–H groups in total. The molecular formula is C33H27BrN6O3. The predicted octanol–water partition coefficient (Wildman–Crippen LogP) is 5.34. The van der Waals surface area contributed by atoms with E-state index >= 15 is 0 Å². The molecule has 6 rings (SSSR count). The van der Waals surface area contributed by atoms with Gasteiger partial charge in [0.1, 0.15) is 5.65 Å². The Morgan fingerprint density at radius 3 is 2.49 bits per heavy atom. The standard InChI is InChI=1S/C33H27BrN6O3/c1-20-15-26-29(19-38(20)32(42)23-11-14-27(34)28(17-23)35-2)40-31(24(18-37-40)16-21-7-5-4-6-8-21)39(33(26)43)25-12-9-22(10-13-25)30(41)36-3/h4-14,17-18,20H,15-16,19H2,1,3H3,(H,36,41)/t20-/m0/s1. The summed E-state index contributed by atoms with van der Waals surface area (Å²) in [5.41, 5.74) is 5.49. The number of benzene rings is 3. The van der Waals surface area contributed by atoms with E-state index in [1.165, 1.54) is 0 Å². The number of fused-ring (bicyclic) bond motifs is 3. The summed E-state index contributed by atoms with van der Waals surface area (Å²) in [5, 5.41) is 7.38. The summed E-state index contributed by atoms with van der Waals surface area (Å²) in [5.74, 6) is -0.425. The maximum atomic E-state index is 14.3. The van der Waals surface area contributed by atoms with Crippen LogP contribution in [-0.2, 0) is 19.4 Å². The Morgan fingerprint density at radius 1 is 1.07 bits per heavy atom. The number of nitrogens with zero attached hydrogens (tertiary/aromatic N) is 5. The summed E-state index contributed by atoms with van der Waals surface area (Å²) in [6, 6.07) is 21.6. The lowest BCUT2D eigenvalue weighted by Crippen LogP contribution is -2.46. The van der Waals surface area contributed by atoms with Gasteiger partial charge in [0.05, 0.1) is 30.7 Å². The van der Waals surface area contributed by atoms with Crippen LogP contribution in [0.5, 0.6) is 0 Å². The Labute approximate surface area is 256 Å². The Morgan fingerprint density at radius 2 is 1.79 bits per heavy atom. The Balaban J connectivity index is 1.50. The van der Waals surface area contributed by atoms with E-state index in [9.17, 15) is 14.4 Å². The second-order valence-electron chi connectivity index (χ2n) is 10.5. The number of carbonyl (C=O) groups is 2. The first-order valence-corrected chi connectivity index (χ1v) is 14.6. The van der Waals surface area contributed by atoms with Crippen LogP contribution < -0.4 is 10.9 Å². The molecule has 9 nitrogen and oxygen atoms in total. The van der Waals surface area contributed by atoms with Crippen LogP contribution in [0, 0.1) is 6.57 Å². The highest BCUT2D eigenvalue weighted by Gasteiger charge is 2.33. The van der Waals surface area contributed by atoms with Crippen molar-refractivity contribution in [3.8, 4) is 5.69 Å². The minimum Gasteiger partial charge on any atom is -0.355 e. The molecule has 43 heavy (non-hydrogen) atoms. The van der Waals surface area contributed by atoms with Crippen LogP contribution >= 0.6 is 15.9 Å². The molecule has 2 amide bonds. The molecule has 0 fully saturated rings. The van der Waals surface area contributed by atoms with E-state index in [0.29, 0.717) is 56.7 Å². The quantitative estimate of drug-likeness (QED) is 0.264. The van der Waals surface area contributed by atoms with Crippen LogP contribution in [-0.4, -0.2) is 44.0 Å².